The normalized spacial score (nSPS) is 16.1. The van der Waals surface area contributed by atoms with Gasteiger partial charge in [-0.1, -0.05) is 13.0 Å². The third-order valence-electron chi connectivity index (χ3n) is 4.76. The van der Waals surface area contributed by atoms with Crippen LogP contribution in [0.2, 0.25) is 0 Å². The molecule has 1 N–H and O–H groups in total. The molecule has 4 rings (SSSR count). The van der Waals surface area contributed by atoms with E-state index in [9.17, 15) is 4.79 Å². The van der Waals surface area contributed by atoms with Crippen LogP contribution in [0.5, 0.6) is 23.0 Å². The van der Waals surface area contributed by atoms with E-state index in [4.69, 9.17) is 18.9 Å². The fourth-order valence-electron chi connectivity index (χ4n) is 3.29. The number of carbonyl (C=O) groups excluding carboxylic acids is 1. The lowest BCUT2D eigenvalue weighted by atomic mass is 10.0. The smallest absolute Gasteiger partial charge is 0.253 e. The van der Waals surface area contributed by atoms with Crippen LogP contribution in [-0.4, -0.2) is 32.3 Å². The van der Waals surface area contributed by atoms with Gasteiger partial charge in [0.05, 0.1) is 24.8 Å². The molecule has 2 heterocycles. The van der Waals surface area contributed by atoms with Gasteiger partial charge in [-0.05, 0) is 52.2 Å². The monoisotopic (exact) mass is 447 g/mol. The molecule has 6 nitrogen and oxygen atoms in total. The lowest BCUT2D eigenvalue weighted by molar-refractivity contribution is 0.0933. The third-order valence-corrected chi connectivity index (χ3v) is 5.42. The van der Waals surface area contributed by atoms with Crippen LogP contribution in [0, 0.1) is 0 Å². The minimum absolute atomic E-state index is 0.148. The van der Waals surface area contributed by atoms with Crippen LogP contribution in [-0.2, 0) is 0 Å². The first-order valence-corrected chi connectivity index (χ1v) is 10.2. The summed E-state index contributed by atoms with van der Waals surface area (Å²) < 4.78 is 23.3. The highest BCUT2D eigenvalue weighted by atomic mass is 79.9. The summed E-state index contributed by atoms with van der Waals surface area (Å²) in [6, 6.07) is 9.18. The van der Waals surface area contributed by atoms with E-state index in [1.54, 1.807) is 12.1 Å². The van der Waals surface area contributed by atoms with Crippen molar-refractivity contribution in [2.24, 2.45) is 0 Å². The first kappa shape index (κ1) is 18.9. The molecule has 2 aliphatic heterocycles. The summed E-state index contributed by atoms with van der Waals surface area (Å²) in [4.78, 5) is 12.9. The van der Waals surface area contributed by atoms with Crippen molar-refractivity contribution in [3.8, 4) is 23.0 Å². The van der Waals surface area contributed by atoms with Crippen molar-refractivity contribution in [2.45, 2.75) is 25.8 Å². The van der Waals surface area contributed by atoms with Crippen LogP contribution in [0.3, 0.4) is 0 Å². The number of hydrogen-bond donors (Lipinski definition) is 1. The van der Waals surface area contributed by atoms with Crippen molar-refractivity contribution < 1.29 is 23.7 Å². The van der Waals surface area contributed by atoms with Gasteiger partial charge in [-0.25, -0.2) is 0 Å². The summed E-state index contributed by atoms with van der Waals surface area (Å²) in [6.07, 6.45) is 1.60. The number of benzene rings is 2. The highest BCUT2D eigenvalue weighted by Gasteiger charge is 2.22. The molecule has 148 valence electrons. The van der Waals surface area contributed by atoms with Gasteiger partial charge in [0.15, 0.2) is 23.0 Å². The van der Waals surface area contributed by atoms with Crippen molar-refractivity contribution in [3.63, 3.8) is 0 Å². The average Bonchev–Trinajstić information content (AvgIpc) is 2.96. The fourth-order valence-corrected chi connectivity index (χ4v) is 3.79. The Balaban J connectivity index is 1.55. The molecule has 7 heteroatoms. The van der Waals surface area contributed by atoms with Crippen molar-refractivity contribution in [1.82, 2.24) is 5.32 Å². The van der Waals surface area contributed by atoms with Gasteiger partial charge >= 0.3 is 0 Å². The van der Waals surface area contributed by atoms with Gasteiger partial charge in [-0.3, -0.25) is 4.79 Å². The van der Waals surface area contributed by atoms with Gasteiger partial charge in [0.2, 0.25) is 0 Å². The molecule has 0 aromatic heterocycles. The Bertz CT molecular complexity index is 885. The van der Waals surface area contributed by atoms with E-state index in [1.165, 1.54) is 0 Å². The molecular formula is C21H22BrNO5. The van der Waals surface area contributed by atoms with Crippen molar-refractivity contribution in [2.75, 3.05) is 26.4 Å². The molecule has 1 atom stereocenters. The number of amides is 1. The summed E-state index contributed by atoms with van der Waals surface area (Å²) in [6.45, 7) is 4.30. The summed E-state index contributed by atoms with van der Waals surface area (Å²) >= 11 is 3.47. The van der Waals surface area contributed by atoms with E-state index >= 15 is 0 Å². The average molecular weight is 448 g/mol. The molecule has 0 fully saturated rings. The standard InChI is InChI=1S/C21H22BrNO5/c1-2-16(13-4-5-17-18(10-13)26-7-3-6-25-17)23-21(24)14-11-19-20(12-15(14)22)28-9-8-27-19/h4-5,10-12,16H,2-3,6-9H2,1H3,(H,23,24). The zero-order valence-corrected chi connectivity index (χ0v) is 17.2. The van der Waals surface area contributed by atoms with Gasteiger partial charge < -0.3 is 24.3 Å². The predicted octanol–water partition coefficient (Wildman–Crippen LogP) is 4.26. The number of nitrogens with one attached hydrogen (secondary N) is 1. The van der Waals surface area contributed by atoms with Gasteiger partial charge in [0.1, 0.15) is 13.2 Å². The van der Waals surface area contributed by atoms with Crippen LogP contribution in [0.1, 0.15) is 41.7 Å². The first-order valence-electron chi connectivity index (χ1n) is 9.45. The minimum Gasteiger partial charge on any atom is -0.490 e. The van der Waals surface area contributed by atoms with E-state index in [2.05, 4.69) is 21.2 Å². The van der Waals surface area contributed by atoms with E-state index < -0.39 is 0 Å². The van der Waals surface area contributed by atoms with Gasteiger partial charge in [0.25, 0.3) is 5.91 Å². The molecule has 1 amide bonds. The molecule has 2 aromatic carbocycles. The second-order valence-electron chi connectivity index (χ2n) is 6.67. The topological polar surface area (TPSA) is 66.0 Å². The maximum Gasteiger partial charge on any atom is 0.253 e. The Labute approximate surface area is 172 Å². The van der Waals surface area contributed by atoms with Crippen molar-refractivity contribution >= 4 is 21.8 Å². The first-order chi connectivity index (χ1) is 13.7. The highest BCUT2D eigenvalue weighted by Crippen LogP contribution is 2.36. The number of hydrogen-bond acceptors (Lipinski definition) is 5. The van der Waals surface area contributed by atoms with E-state index in [-0.39, 0.29) is 11.9 Å². The van der Waals surface area contributed by atoms with Gasteiger partial charge in [-0.2, -0.15) is 0 Å². The van der Waals surface area contributed by atoms with Gasteiger partial charge in [-0.15, -0.1) is 0 Å². The SMILES string of the molecule is CCC(NC(=O)c1cc2c(cc1Br)OCCO2)c1ccc2c(c1)OCCCO2. The number of fused-ring (bicyclic) bond motifs is 2. The molecule has 0 aliphatic carbocycles. The molecule has 2 aliphatic rings. The largest absolute Gasteiger partial charge is 0.490 e. The Morgan fingerprint density at radius 2 is 1.61 bits per heavy atom. The highest BCUT2D eigenvalue weighted by molar-refractivity contribution is 9.10. The molecule has 0 saturated carbocycles. The summed E-state index contributed by atoms with van der Waals surface area (Å²) in [7, 11) is 0. The molecule has 28 heavy (non-hydrogen) atoms. The van der Waals surface area contributed by atoms with Gasteiger partial charge in [0, 0.05) is 10.9 Å². The number of carbonyl (C=O) groups is 1. The Hall–Kier alpha value is -2.41. The lowest BCUT2D eigenvalue weighted by Crippen LogP contribution is -2.28. The zero-order chi connectivity index (χ0) is 19.5. The molecule has 0 saturated heterocycles. The quantitative estimate of drug-likeness (QED) is 0.757. The summed E-state index contributed by atoms with van der Waals surface area (Å²) in [5, 5.41) is 3.11. The van der Waals surface area contributed by atoms with Crippen molar-refractivity contribution in [3.05, 3.63) is 45.9 Å². The second kappa shape index (κ2) is 8.31. The zero-order valence-electron chi connectivity index (χ0n) is 15.6. The van der Waals surface area contributed by atoms with Crippen LogP contribution in [0.15, 0.2) is 34.8 Å². The Morgan fingerprint density at radius 3 is 2.36 bits per heavy atom. The van der Waals surface area contributed by atoms with E-state index in [1.807, 2.05) is 25.1 Å². The fraction of sp³-hybridized carbons (Fsp3) is 0.381. The van der Waals surface area contributed by atoms with E-state index in [0.717, 1.165) is 29.9 Å². The second-order valence-corrected chi connectivity index (χ2v) is 7.52. The maximum absolute atomic E-state index is 12.9. The molecule has 0 radical (unpaired) electrons. The van der Waals surface area contributed by atoms with Crippen molar-refractivity contribution in [1.29, 1.82) is 0 Å². The molecule has 0 spiro atoms. The van der Waals surface area contributed by atoms with E-state index in [0.29, 0.717) is 48.0 Å². The third kappa shape index (κ3) is 3.90. The molecule has 1 unspecified atom stereocenters. The Kier molecular flexibility index (Phi) is 5.62. The lowest BCUT2D eigenvalue weighted by Gasteiger charge is -2.22. The summed E-state index contributed by atoms with van der Waals surface area (Å²) in [5.74, 6) is 2.52. The number of halogens is 1. The minimum atomic E-state index is -0.178. The van der Waals surface area contributed by atoms with Crippen LogP contribution < -0.4 is 24.3 Å². The predicted molar refractivity (Wildman–Crippen MR) is 108 cm³/mol. The maximum atomic E-state index is 12.9. The number of rotatable bonds is 4. The summed E-state index contributed by atoms with van der Waals surface area (Å²) in [5.41, 5.74) is 1.49. The molecular weight excluding hydrogens is 426 g/mol. The van der Waals surface area contributed by atoms with Crippen LogP contribution in [0.25, 0.3) is 0 Å². The number of ether oxygens (including phenoxy) is 4. The van der Waals surface area contributed by atoms with Crippen LogP contribution >= 0.6 is 15.9 Å². The molecule has 0 bridgehead atoms. The van der Waals surface area contributed by atoms with Crippen LogP contribution in [0.4, 0.5) is 0 Å². The molecule has 2 aromatic rings. The Morgan fingerprint density at radius 1 is 0.964 bits per heavy atom.